The second-order valence-electron chi connectivity index (χ2n) is 8.94. The summed E-state index contributed by atoms with van der Waals surface area (Å²) < 4.78 is 0. The molecule has 0 fully saturated rings. The van der Waals surface area contributed by atoms with E-state index in [-0.39, 0.29) is 0 Å². The molecule has 0 amide bonds. The van der Waals surface area contributed by atoms with Crippen LogP contribution in [0, 0.1) is 0 Å². The van der Waals surface area contributed by atoms with Gasteiger partial charge >= 0.3 is 0 Å². The minimum absolute atomic E-state index is 0.849. The van der Waals surface area contributed by atoms with Crippen LogP contribution in [0.25, 0.3) is 21.5 Å². The third-order valence-electron chi connectivity index (χ3n) is 6.28. The molecule has 37 heavy (non-hydrogen) atoms. The van der Waals surface area contributed by atoms with Crippen LogP contribution in [0.2, 0.25) is 0 Å². The molecule has 176 valence electrons. The zero-order valence-electron chi connectivity index (χ0n) is 20.2. The molecule has 0 saturated carbocycles. The number of nitrogens with zero attached hydrogens (tertiary/aromatic N) is 4. The molecule has 6 aromatic rings. The van der Waals surface area contributed by atoms with Gasteiger partial charge in [0.1, 0.15) is 0 Å². The molecular formula is C33H24N4. The van der Waals surface area contributed by atoms with Gasteiger partial charge in [-0.25, -0.2) is 0 Å². The molecule has 4 heteroatoms. The van der Waals surface area contributed by atoms with E-state index in [9.17, 15) is 0 Å². The molecule has 0 aliphatic heterocycles. The monoisotopic (exact) mass is 476 g/mol. The summed E-state index contributed by atoms with van der Waals surface area (Å²) in [5, 5.41) is 4.59. The fourth-order valence-corrected chi connectivity index (χ4v) is 4.26. The van der Waals surface area contributed by atoms with Crippen LogP contribution in [-0.2, 0) is 6.42 Å². The third kappa shape index (κ3) is 5.49. The first-order valence-electron chi connectivity index (χ1n) is 12.2. The Labute approximate surface area is 215 Å². The number of aromatic nitrogens is 2. The van der Waals surface area contributed by atoms with E-state index < -0.39 is 0 Å². The maximum absolute atomic E-state index is 4.60. The topological polar surface area (TPSA) is 50.5 Å². The van der Waals surface area contributed by atoms with E-state index in [1.54, 1.807) is 0 Å². The van der Waals surface area contributed by atoms with Gasteiger partial charge in [0, 0.05) is 23.2 Å². The van der Waals surface area contributed by atoms with E-state index in [0.29, 0.717) is 0 Å². The number of aliphatic imine (C=N–C) groups is 2. The highest BCUT2D eigenvalue weighted by molar-refractivity contribution is 5.89. The van der Waals surface area contributed by atoms with E-state index in [2.05, 4.69) is 80.6 Å². The summed E-state index contributed by atoms with van der Waals surface area (Å²) in [4.78, 5) is 18.2. The Bertz CT molecular complexity index is 1600. The number of benzene rings is 4. The smallest absolute Gasteiger partial charge is 0.0818 e. The summed E-state index contributed by atoms with van der Waals surface area (Å²) in [6.45, 7) is 0. The van der Waals surface area contributed by atoms with Crippen LogP contribution < -0.4 is 0 Å². The van der Waals surface area contributed by atoms with E-state index >= 15 is 0 Å². The summed E-state index contributed by atoms with van der Waals surface area (Å²) in [7, 11) is 0. The quantitative estimate of drug-likeness (QED) is 0.230. The first-order valence-corrected chi connectivity index (χ1v) is 12.2. The SMILES string of the molecule is C(=Nc1ccc(Cc2ccc(N=Cc3cc4ccccc4cn3)cc2)cc1)c1cc2ccccc2cn1. The first kappa shape index (κ1) is 22.5. The highest BCUT2D eigenvalue weighted by Crippen LogP contribution is 2.20. The van der Waals surface area contributed by atoms with Crippen molar-refractivity contribution in [3.05, 3.63) is 144 Å². The number of rotatable bonds is 6. The van der Waals surface area contributed by atoms with Crippen LogP contribution in [0.3, 0.4) is 0 Å². The van der Waals surface area contributed by atoms with Gasteiger partial charge in [0.15, 0.2) is 0 Å². The molecule has 0 N–H and O–H groups in total. The van der Waals surface area contributed by atoms with Gasteiger partial charge in [-0.05, 0) is 64.7 Å². The second-order valence-corrected chi connectivity index (χ2v) is 8.94. The van der Waals surface area contributed by atoms with Crippen LogP contribution in [0.15, 0.2) is 132 Å². The molecule has 0 spiro atoms. The first-order chi connectivity index (χ1) is 18.3. The number of pyridine rings is 2. The average Bonchev–Trinajstić information content (AvgIpc) is 2.96. The lowest BCUT2D eigenvalue weighted by molar-refractivity contribution is 1.19. The predicted octanol–water partition coefficient (Wildman–Crippen LogP) is 7.88. The molecule has 6 rings (SSSR count). The fraction of sp³-hybridized carbons (Fsp3) is 0.0303. The van der Waals surface area contributed by atoms with Crippen molar-refractivity contribution in [1.29, 1.82) is 0 Å². The molecule has 4 aromatic carbocycles. The summed E-state index contributed by atoms with van der Waals surface area (Å²) >= 11 is 0. The molecule has 0 bridgehead atoms. The average molecular weight is 477 g/mol. The van der Waals surface area contributed by atoms with Gasteiger partial charge in [0.25, 0.3) is 0 Å². The van der Waals surface area contributed by atoms with Gasteiger partial charge in [-0.3, -0.25) is 20.0 Å². The minimum atomic E-state index is 0.849. The van der Waals surface area contributed by atoms with Crippen LogP contribution in [0.5, 0.6) is 0 Å². The van der Waals surface area contributed by atoms with E-state index in [4.69, 9.17) is 0 Å². The molecule has 0 unspecified atom stereocenters. The van der Waals surface area contributed by atoms with E-state index in [1.807, 2.05) is 73.4 Å². The summed E-state index contributed by atoms with van der Waals surface area (Å²) in [5.74, 6) is 0. The molecule has 2 heterocycles. The van der Waals surface area contributed by atoms with Gasteiger partial charge in [0.05, 0.1) is 35.2 Å². The molecule has 0 radical (unpaired) electrons. The summed E-state index contributed by atoms with van der Waals surface area (Å²) in [6.07, 6.45) is 8.25. The lowest BCUT2D eigenvalue weighted by Crippen LogP contribution is -1.89. The lowest BCUT2D eigenvalue weighted by Gasteiger charge is -2.04. The molecule has 4 nitrogen and oxygen atoms in total. The normalized spacial score (nSPS) is 11.7. The zero-order valence-corrected chi connectivity index (χ0v) is 20.2. The highest BCUT2D eigenvalue weighted by atomic mass is 14.8. The van der Waals surface area contributed by atoms with E-state index in [1.165, 1.54) is 11.1 Å². The maximum atomic E-state index is 4.60. The Balaban J connectivity index is 1.08. The number of hydrogen-bond donors (Lipinski definition) is 0. The van der Waals surface area contributed by atoms with Crippen molar-refractivity contribution in [1.82, 2.24) is 9.97 Å². The molecule has 2 aromatic heterocycles. The number of fused-ring (bicyclic) bond motifs is 2. The van der Waals surface area contributed by atoms with Crippen molar-refractivity contribution >= 4 is 45.3 Å². The van der Waals surface area contributed by atoms with Gasteiger partial charge in [0.2, 0.25) is 0 Å². The Morgan fingerprint density at radius 3 is 1.32 bits per heavy atom. The summed E-state index contributed by atoms with van der Waals surface area (Å²) in [6, 6.07) is 37.2. The second kappa shape index (κ2) is 10.3. The van der Waals surface area contributed by atoms with Crippen molar-refractivity contribution in [3.8, 4) is 0 Å². The molecule has 0 saturated heterocycles. The Morgan fingerprint density at radius 1 is 0.486 bits per heavy atom. The van der Waals surface area contributed by atoms with Gasteiger partial charge < -0.3 is 0 Å². The third-order valence-corrected chi connectivity index (χ3v) is 6.28. The number of hydrogen-bond acceptors (Lipinski definition) is 4. The fourth-order valence-electron chi connectivity index (χ4n) is 4.26. The molecule has 0 atom stereocenters. The zero-order chi connectivity index (χ0) is 24.9. The van der Waals surface area contributed by atoms with Crippen LogP contribution in [0.1, 0.15) is 22.5 Å². The van der Waals surface area contributed by atoms with Crippen LogP contribution >= 0.6 is 0 Å². The van der Waals surface area contributed by atoms with Crippen molar-refractivity contribution in [2.45, 2.75) is 6.42 Å². The Kier molecular flexibility index (Phi) is 6.29. The molecular weight excluding hydrogens is 452 g/mol. The lowest BCUT2D eigenvalue weighted by atomic mass is 10.0. The standard InChI is InChI=1S/C33H24N4/c1-3-7-28-20-34-32(18-26(28)5-1)22-36-30-13-9-24(10-14-30)17-25-11-15-31(16-12-25)37-23-33-19-27-6-2-4-8-29(27)21-35-33/h1-16,18-23H,17H2. The maximum Gasteiger partial charge on any atom is 0.0818 e. The Hall–Kier alpha value is -4.96. The molecule has 0 aliphatic carbocycles. The van der Waals surface area contributed by atoms with Crippen molar-refractivity contribution in [2.75, 3.05) is 0 Å². The highest BCUT2D eigenvalue weighted by Gasteiger charge is 2.00. The van der Waals surface area contributed by atoms with Crippen molar-refractivity contribution in [3.63, 3.8) is 0 Å². The van der Waals surface area contributed by atoms with Crippen LogP contribution in [0.4, 0.5) is 11.4 Å². The molecule has 0 aliphatic rings. The largest absolute Gasteiger partial charge is 0.255 e. The van der Waals surface area contributed by atoms with Gasteiger partial charge in [-0.1, -0.05) is 72.8 Å². The van der Waals surface area contributed by atoms with Crippen LogP contribution in [-0.4, -0.2) is 22.4 Å². The van der Waals surface area contributed by atoms with E-state index in [0.717, 1.165) is 50.7 Å². The van der Waals surface area contributed by atoms with Crippen molar-refractivity contribution in [2.24, 2.45) is 9.98 Å². The van der Waals surface area contributed by atoms with Gasteiger partial charge in [-0.2, -0.15) is 0 Å². The minimum Gasteiger partial charge on any atom is -0.255 e. The van der Waals surface area contributed by atoms with Crippen molar-refractivity contribution < 1.29 is 0 Å². The Morgan fingerprint density at radius 2 is 0.892 bits per heavy atom. The predicted molar refractivity (Wildman–Crippen MR) is 154 cm³/mol. The van der Waals surface area contributed by atoms with Gasteiger partial charge in [-0.15, -0.1) is 0 Å². The summed E-state index contributed by atoms with van der Waals surface area (Å²) in [5.41, 5.74) is 5.99.